The van der Waals surface area contributed by atoms with Crippen LogP contribution in [0.25, 0.3) is 0 Å². The van der Waals surface area contributed by atoms with Crippen LogP contribution in [0.5, 0.6) is 0 Å². The number of nitriles is 1. The van der Waals surface area contributed by atoms with Crippen molar-refractivity contribution in [1.29, 1.82) is 5.26 Å². The first-order valence-corrected chi connectivity index (χ1v) is 5.61. The van der Waals surface area contributed by atoms with Crippen LogP contribution in [0.15, 0.2) is 24.3 Å². The van der Waals surface area contributed by atoms with Gasteiger partial charge in [0.05, 0.1) is 11.6 Å². The van der Waals surface area contributed by atoms with E-state index in [1.165, 1.54) is 6.42 Å². The Balaban J connectivity index is 2.11. The number of hydrogen-bond donors (Lipinski definition) is 0. The van der Waals surface area contributed by atoms with Gasteiger partial charge in [-0.3, -0.25) is 4.79 Å². The van der Waals surface area contributed by atoms with Crippen LogP contribution in [0.1, 0.15) is 35.2 Å². The largest absolute Gasteiger partial charge is 0.339 e. The fraction of sp³-hybridized carbons (Fsp3) is 0.385. The lowest BCUT2D eigenvalue weighted by molar-refractivity contribution is 0.0724. The fourth-order valence-electron chi connectivity index (χ4n) is 1.97. The maximum absolute atomic E-state index is 12.0. The average Bonchev–Trinajstić information content (AvgIpc) is 2.39. The van der Waals surface area contributed by atoms with Crippen molar-refractivity contribution in [1.82, 2.24) is 4.90 Å². The third-order valence-corrected chi connectivity index (χ3v) is 2.90. The van der Waals surface area contributed by atoms with E-state index in [-0.39, 0.29) is 5.91 Å². The molecule has 0 N–H and O–H groups in total. The Labute approximate surface area is 95.3 Å². The first-order valence-electron chi connectivity index (χ1n) is 5.61. The van der Waals surface area contributed by atoms with Crippen molar-refractivity contribution in [3.63, 3.8) is 0 Å². The summed E-state index contributed by atoms with van der Waals surface area (Å²) in [5.74, 6) is 0.0872. The van der Waals surface area contributed by atoms with Crippen molar-refractivity contribution < 1.29 is 4.79 Å². The van der Waals surface area contributed by atoms with Gasteiger partial charge < -0.3 is 4.90 Å². The lowest BCUT2D eigenvalue weighted by Gasteiger charge is -2.26. The molecule has 1 aromatic carbocycles. The Bertz CT molecular complexity index is 411. The van der Waals surface area contributed by atoms with E-state index in [1.807, 2.05) is 11.0 Å². The van der Waals surface area contributed by atoms with Gasteiger partial charge in [0.2, 0.25) is 0 Å². The number of hydrogen-bond acceptors (Lipinski definition) is 2. The molecule has 1 fully saturated rings. The minimum absolute atomic E-state index is 0.0872. The summed E-state index contributed by atoms with van der Waals surface area (Å²) in [5, 5.41) is 8.67. The van der Waals surface area contributed by atoms with E-state index in [1.54, 1.807) is 24.3 Å². The highest BCUT2D eigenvalue weighted by molar-refractivity contribution is 5.94. The van der Waals surface area contributed by atoms with Gasteiger partial charge in [-0.15, -0.1) is 0 Å². The summed E-state index contributed by atoms with van der Waals surface area (Å²) in [6.07, 6.45) is 3.42. The maximum Gasteiger partial charge on any atom is 0.253 e. The molecular weight excluding hydrogens is 200 g/mol. The summed E-state index contributed by atoms with van der Waals surface area (Å²) in [4.78, 5) is 13.9. The van der Waals surface area contributed by atoms with Crippen molar-refractivity contribution in [3.8, 4) is 6.07 Å². The van der Waals surface area contributed by atoms with E-state index in [0.717, 1.165) is 25.9 Å². The number of amides is 1. The first-order chi connectivity index (χ1) is 7.81. The van der Waals surface area contributed by atoms with Gasteiger partial charge in [-0.05, 0) is 43.5 Å². The molecule has 1 aromatic rings. The molecule has 0 radical (unpaired) electrons. The number of benzene rings is 1. The summed E-state index contributed by atoms with van der Waals surface area (Å²) in [7, 11) is 0. The van der Waals surface area contributed by atoms with Gasteiger partial charge in [0.1, 0.15) is 0 Å². The molecule has 0 aromatic heterocycles. The van der Waals surface area contributed by atoms with Crippen LogP contribution in [0.3, 0.4) is 0 Å². The number of carbonyl (C=O) groups excluding carboxylic acids is 1. The summed E-state index contributed by atoms with van der Waals surface area (Å²) >= 11 is 0. The normalized spacial score (nSPS) is 15.6. The highest BCUT2D eigenvalue weighted by atomic mass is 16.2. The molecule has 0 saturated carbocycles. The van der Waals surface area contributed by atoms with E-state index in [4.69, 9.17) is 5.26 Å². The van der Waals surface area contributed by atoms with E-state index in [0.29, 0.717) is 11.1 Å². The van der Waals surface area contributed by atoms with Gasteiger partial charge in [-0.2, -0.15) is 5.26 Å². The van der Waals surface area contributed by atoms with Gasteiger partial charge in [0.15, 0.2) is 0 Å². The molecule has 1 saturated heterocycles. The summed E-state index contributed by atoms with van der Waals surface area (Å²) < 4.78 is 0. The predicted molar refractivity (Wildman–Crippen MR) is 60.9 cm³/mol. The van der Waals surface area contributed by atoms with E-state index in [2.05, 4.69) is 0 Å². The molecule has 2 rings (SSSR count). The summed E-state index contributed by atoms with van der Waals surface area (Å²) in [5.41, 5.74) is 1.27. The van der Waals surface area contributed by atoms with Crippen LogP contribution >= 0.6 is 0 Å². The lowest BCUT2D eigenvalue weighted by Crippen LogP contribution is -2.35. The zero-order valence-electron chi connectivity index (χ0n) is 9.15. The second kappa shape index (κ2) is 4.80. The monoisotopic (exact) mass is 214 g/mol. The second-order valence-electron chi connectivity index (χ2n) is 4.04. The Morgan fingerprint density at radius 3 is 2.31 bits per heavy atom. The van der Waals surface area contributed by atoms with E-state index >= 15 is 0 Å². The zero-order valence-corrected chi connectivity index (χ0v) is 9.15. The average molecular weight is 214 g/mol. The Morgan fingerprint density at radius 2 is 1.75 bits per heavy atom. The van der Waals surface area contributed by atoms with E-state index < -0.39 is 0 Å². The molecule has 3 heteroatoms. The molecule has 1 amide bonds. The van der Waals surface area contributed by atoms with Crippen molar-refractivity contribution in [2.45, 2.75) is 19.3 Å². The third kappa shape index (κ3) is 2.22. The van der Waals surface area contributed by atoms with Crippen LogP contribution in [-0.4, -0.2) is 23.9 Å². The molecule has 0 bridgehead atoms. The minimum atomic E-state index is 0.0872. The van der Waals surface area contributed by atoms with Gasteiger partial charge in [-0.1, -0.05) is 0 Å². The van der Waals surface area contributed by atoms with E-state index in [9.17, 15) is 4.79 Å². The number of likely N-dealkylation sites (tertiary alicyclic amines) is 1. The Kier molecular flexibility index (Phi) is 3.21. The molecule has 0 aliphatic carbocycles. The molecule has 1 heterocycles. The summed E-state index contributed by atoms with van der Waals surface area (Å²) in [6.45, 7) is 1.72. The van der Waals surface area contributed by atoms with Crippen LogP contribution in [0.4, 0.5) is 0 Å². The van der Waals surface area contributed by atoms with Gasteiger partial charge >= 0.3 is 0 Å². The third-order valence-electron chi connectivity index (χ3n) is 2.90. The topological polar surface area (TPSA) is 44.1 Å². The van der Waals surface area contributed by atoms with Gasteiger partial charge in [0, 0.05) is 18.7 Å². The van der Waals surface area contributed by atoms with Crippen molar-refractivity contribution in [2.75, 3.05) is 13.1 Å². The molecule has 1 aliphatic heterocycles. The van der Waals surface area contributed by atoms with Crippen LogP contribution in [0.2, 0.25) is 0 Å². The van der Waals surface area contributed by atoms with Gasteiger partial charge in [0.25, 0.3) is 5.91 Å². The number of rotatable bonds is 1. The predicted octanol–water partition coefficient (Wildman–Crippen LogP) is 2.18. The summed E-state index contributed by atoms with van der Waals surface area (Å²) in [6, 6.07) is 8.89. The Hall–Kier alpha value is -1.82. The Morgan fingerprint density at radius 1 is 1.12 bits per heavy atom. The highest BCUT2D eigenvalue weighted by Gasteiger charge is 2.17. The number of carbonyl (C=O) groups is 1. The van der Waals surface area contributed by atoms with Crippen molar-refractivity contribution >= 4 is 5.91 Å². The molecule has 16 heavy (non-hydrogen) atoms. The first kappa shape index (κ1) is 10.7. The van der Waals surface area contributed by atoms with Crippen molar-refractivity contribution in [2.24, 2.45) is 0 Å². The van der Waals surface area contributed by atoms with Crippen LogP contribution in [-0.2, 0) is 0 Å². The molecular formula is C13H14N2O. The molecule has 0 unspecified atom stereocenters. The minimum Gasteiger partial charge on any atom is -0.339 e. The van der Waals surface area contributed by atoms with Crippen molar-refractivity contribution in [3.05, 3.63) is 35.4 Å². The molecule has 1 aliphatic rings. The van der Waals surface area contributed by atoms with Gasteiger partial charge in [-0.25, -0.2) is 0 Å². The second-order valence-corrected chi connectivity index (χ2v) is 4.04. The zero-order chi connectivity index (χ0) is 11.4. The smallest absolute Gasteiger partial charge is 0.253 e. The molecule has 82 valence electrons. The standard InChI is InChI=1S/C13H14N2O/c14-10-11-4-6-12(7-5-11)13(16)15-8-2-1-3-9-15/h4-7H,1-3,8-9H2. The molecule has 0 atom stereocenters. The maximum atomic E-state index is 12.0. The van der Waals surface area contributed by atoms with Crippen LogP contribution in [0, 0.1) is 11.3 Å². The highest BCUT2D eigenvalue weighted by Crippen LogP contribution is 2.13. The fourth-order valence-corrected chi connectivity index (χ4v) is 1.97. The van der Waals surface area contributed by atoms with Crippen LogP contribution < -0.4 is 0 Å². The molecule has 0 spiro atoms. The molecule has 3 nitrogen and oxygen atoms in total. The number of nitrogens with zero attached hydrogens (tertiary/aromatic N) is 2. The SMILES string of the molecule is N#Cc1ccc(C(=O)N2CCCCC2)cc1. The quantitative estimate of drug-likeness (QED) is 0.719. The number of piperidine rings is 1. The lowest BCUT2D eigenvalue weighted by atomic mass is 10.1.